The van der Waals surface area contributed by atoms with Crippen LogP contribution >= 0.6 is 11.3 Å². The quantitative estimate of drug-likeness (QED) is 0.761. The lowest BCUT2D eigenvalue weighted by Crippen LogP contribution is -1.96. The van der Waals surface area contributed by atoms with E-state index in [4.69, 9.17) is 5.73 Å². The van der Waals surface area contributed by atoms with Crippen LogP contribution in [-0.4, -0.2) is 17.0 Å². The van der Waals surface area contributed by atoms with Gasteiger partial charge in [-0.3, -0.25) is 0 Å². The van der Waals surface area contributed by atoms with Crippen molar-refractivity contribution in [1.29, 1.82) is 0 Å². The van der Waals surface area contributed by atoms with Crippen LogP contribution in [0, 0.1) is 11.6 Å². The van der Waals surface area contributed by atoms with Crippen LogP contribution in [0.3, 0.4) is 0 Å². The first-order chi connectivity index (χ1) is 9.58. The SMILES string of the molecule is CNc1nc2sc(N)nc2cc1-c1ccc(F)c(F)c1. The topological polar surface area (TPSA) is 63.8 Å². The van der Waals surface area contributed by atoms with Gasteiger partial charge in [0.25, 0.3) is 0 Å². The van der Waals surface area contributed by atoms with Crippen LogP contribution < -0.4 is 11.1 Å². The van der Waals surface area contributed by atoms with Crippen molar-refractivity contribution in [3.8, 4) is 11.1 Å². The molecule has 0 saturated heterocycles. The molecule has 0 aliphatic rings. The van der Waals surface area contributed by atoms with Crippen molar-refractivity contribution in [2.24, 2.45) is 0 Å². The Morgan fingerprint density at radius 1 is 1.15 bits per heavy atom. The predicted molar refractivity (Wildman–Crippen MR) is 76.7 cm³/mol. The molecular formula is C13H10F2N4S. The van der Waals surface area contributed by atoms with E-state index in [1.54, 1.807) is 13.1 Å². The summed E-state index contributed by atoms with van der Waals surface area (Å²) in [4.78, 5) is 9.24. The van der Waals surface area contributed by atoms with Crippen LogP contribution in [0.1, 0.15) is 0 Å². The number of anilines is 2. The minimum absolute atomic E-state index is 0.414. The molecule has 0 amide bonds. The molecule has 3 N–H and O–H groups in total. The van der Waals surface area contributed by atoms with Crippen LogP contribution in [0.5, 0.6) is 0 Å². The van der Waals surface area contributed by atoms with Gasteiger partial charge in [-0.25, -0.2) is 18.7 Å². The Labute approximate surface area is 117 Å². The molecule has 0 unspecified atom stereocenters. The largest absolute Gasteiger partial charge is 0.375 e. The molecule has 0 spiro atoms. The van der Waals surface area contributed by atoms with Crippen molar-refractivity contribution in [2.45, 2.75) is 0 Å². The second kappa shape index (κ2) is 4.68. The number of thiazole rings is 1. The van der Waals surface area contributed by atoms with Crippen molar-refractivity contribution in [3.05, 3.63) is 35.9 Å². The molecule has 7 heteroatoms. The lowest BCUT2D eigenvalue weighted by atomic mass is 10.1. The Morgan fingerprint density at radius 3 is 2.65 bits per heavy atom. The highest BCUT2D eigenvalue weighted by atomic mass is 32.1. The average molecular weight is 292 g/mol. The van der Waals surface area contributed by atoms with Crippen LogP contribution in [0.2, 0.25) is 0 Å². The Bertz CT molecular complexity index is 800. The Morgan fingerprint density at radius 2 is 1.95 bits per heavy atom. The summed E-state index contributed by atoms with van der Waals surface area (Å²) in [6.07, 6.45) is 0. The van der Waals surface area contributed by atoms with Gasteiger partial charge in [0.05, 0.1) is 0 Å². The number of nitrogens with two attached hydrogens (primary N) is 1. The van der Waals surface area contributed by atoms with E-state index >= 15 is 0 Å². The number of aromatic nitrogens is 2. The number of nitrogens with zero attached hydrogens (tertiary/aromatic N) is 2. The maximum absolute atomic E-state index is 13.4. The number of rotatable bonds is 2. The fourth-order valence-electron chi connectivity index (χ4n) is 1.96. The third-order valence-corrected chi connectivity index (χ3v) is 3.66. The molecule has 4 nitrogen and oxygen atoms in total. The molecular weight excluding hydrogens is 282 g/mol. The number of nitrogen functional groups attached to an aromatic ring is 1. The molecule has 0 bridgehead atoms. The predicted octanol–water partition coefficient (Wildman–Crippen LogP) is 3.26. The fourth-order valence-corrected chi connectivity index (χ4v) is 2.64. The third-order valence-electron chi connectivity index (χ3n) is 2.87. The van der Waals surface area contributed by atoms with Gasteiger partial charge in [0, 0.05) is 12.6 Å². The molecule has 102 valence electrons. The van der Waals surface area contributed by atoms with Crippen molar-refractivity contribution in [3.63, 3.8) is 0 Å². The summed E-state index contributed by atoms with van der Waals surface area (Å²) in [5.41, 5.74) is 7.45. The summed E-state index contributed by atoms with van der Waals surface area (Å²) in [6.45, 7) is 0. The summed E-state index contributed by atoms with van der Waals surface area (Å²) in [6, 6.07) is 5.48. The highest BCUT2D eigenvalue weighted by Crippen LogP contribution is 2.33. The fraction of sp³-hybridized carbons (Fsp3) is 0.0769. The Hall–Kier alpha value is -2.28. The second-order valence-electron chi connectivity index (χ2n) is 4.14. The number of nitrogens with one attached hydrogen (secondary N) is 1. The van der Waals surface area contributed by atoms with Crippen molar-refractivity contribution >= 4 is 32.6 Å². The van der Waals surface area contributed by atoms with Crippen LogP contribution in [0.4, 0.5) is 19.7 Å². The highest BCUT2D eigenvalue weighted by molar-refractivity contribution is 7.21. The van der Waals surface area contributed by atoms with Crippen molar-refractivity contribution < 1.29 is 8.78 Å². The van der Waals surface area contributed by atoms with E-state index in [9.17, 15) is 8.78 Å². The standard InChI is InChI=1S/C13H10F2N4S/c1-17-11-7(6-2-3-8(14)9(15)4-6)5-10-12(19-11)20-13(16)18-10/h2-5H,1H3,(H2,16,18)(H,17,19). The molecule has 20 heavy (non-hydrogen) atoms. The van der Waals surface area contributed by atoms with Gasteiger partial charge in [-0.2, -0.15) is 0 Å². The Balaban J connectivity index is 2.24. The molecule has 0 fully saturated rings. The van der Waals surface area contributed by atoms with Gasteiger partial charge in [0.2, 0.25) is 0 Å². The second-order valence-corrected chi connectivity index (χ2v) is 5.15. The van der Waals surface area contributed by atoms with Gasteiger partial charge >= 0.3 is 0 Å². The summed E-state index contributed by atoms with van der Waals surface area (Å²) < 4.78 is 26.4. The van der Waals surface area contributed by atoms with E-state index in [1.807, 2.05) is 0 Å². The molecule has 1 aromatic carbocycles. The first kappa shape index (κ1) is 12.7. The summed E-state index contributed by atoms with van der Waals surface area (Å²) in [7, 11) is 1.71. The monoisotopic (exact) mass is 292 g/mol. The molecule has 0 saturated carbocycles. The summed E-state index contributed by atoms with van der Waals surface area (Å²) in [5.74, 6) is -1.22. The number of benzene rings is 1. The lowest BCUT2D eigenvalue weighted by Gasteiger charge is -2.08. The van der Waals surface area contributed by atoms with Crippen molar-refractivity contribution in [1.82, 2.24) is 9.97 Å². The molecule has 3 rings (SSSR count). The van der Waals surface area contributed by atoms with E-state index in [-0.39, 0.29) is 0 Å². The van der Waals surface area contributed by atoms with Crippen LogP contribution in [0.15, 0.2) is 24.3 Å². The molecule has 3 aromatic rings. The first-order valence-corrected chi connectivity index (χ1v) is 6.60. The number of halogens is 2. The van der Waals surface area contributed by atoms with Gasteiger partial charge in [-0.15, -0.1) is 0 Å². The van der Waals surface area contributed by atoms with E-state index in [2.05, 4.69) is 15.3 Å². The van der Waals surface area contributed by atoms with Crippen LogP contribution in [-0.2, 0) is 0 Å². The maximum atomic E-state index is 13.4. The number of hydrogen-bond donors (Lipinski definition) is 2. The number of pyridine rings is 1. The molecule has 0 aliphatic carbocycles. The van der Waals surface area contributed by atoms with Gasteiger partial charge in [0.15, 0.2) is 16.8 Å². The number of fused-ring (bicyclic) bond motifs is 1. The van der Waals surface area contributed by atoms with E-state index in [0.29, 0.717) is 32.4 Å². The number of hydrogen-bond acceptors (Lipinski definition) is 5. The zero-order valence-corrected chi connectivity index (χ0v) is 11.3. The normalized spacial score (nSPS) is 10.9. The maximum Gasteiger partial charge on any atom is 0.182 e. The van der Waals surface area contributed by atoms with Gasteiger partial charge in [0.1, 0.15) is 16.2 Å². The highest BCUT2D eigenvalue weighted by Gasteiger charge is 2.13. The molecule has 0 aliphatic heterocycles. The summed E-state index contributed by atoms with van der Waals surface area (Å²) in [5, 5.41) is 3.35. The van der Waals surface area contributed by atoms with Crippen LogP contribution in [0.25, 0.3) is 21.5 Å². The van der Waals surface area contributed by atoms with E-state index in [1.165, 1.54) is 17.4 Å². The van der Waals surface area contributed by atoms with Crippen molar-refractivity contribution in [2.75, 3.05) is 18.1 Å². The summed E-state index contributed by atoms with van der Waals surface area (Å²) >= 11 is 1.27. The first-order valence-electron chi connectivity index (χ1n) is 5.78. The Kier molecular flexibility index (Phi) is 2.98. The third kappa shape index (κ3) is 2.05. The van der Waals surface area contributed by atoms with E-state index < -0.39 is 11.6 Å². The lowest BCUT2D eigenvalue weighted by molar-refractivity contribution is 0.509. The smallest absolute Gasteiger partial charge is 0.182 e. The zero-order chi connectivity index (χ0) is 14.3. The van der Waals surface area contributed by atoms with Gasteiger partial charge in [-0.05, 0) is 23.8 Å². The van der Waals surface area contributed by atoms with E-state index in [0.717, 1.165) is 12.1 Å². The molecule has 2 aromatic heterocycles. The molecule has 2 heterocycles. The minimum atomic E-state index is -0.901. The van der Waals surface area contributed by atoms with Gasteiger partial charge in [-0.1, -0.05) is 17.4 Å². The average Bonchev–Trinajstić information content (AvgIpc) is 2.79. The van der Waals surface area contributed by atoms with Gasteiger partial charge < -0.3 is 11.1 Å². The minimum Gasteiger partial charge on any atom is -0.375 e. The molecule has 0 atom stereocenters. The zero-order valence-electron chi connectivity index (χ0n) is 10.4. The molecule has 0 radical (unpaired) electrons.